The first-order valence-electron chi connectivity index (χ1n) is 7.44. The quantitative estimate of drug-likeness (QED) is 0.883. The summed E-state index contributed by atoms with van der Waals surface area (Å²) in [4.78, 5) is 2.65. The molecule has 0 aromatic heterocycles. The topological polar surface area (TPSA) is 29.3 Å². The normalized spacial score (nSPS) is 32.9. The fourth-order valence-corrected chi connectivity index (χ4v) is 3.48. The molecule has 2 saturated carbocycles. The van der Waals surface area contributed by atoms with Crippen LogP contribution in [0.4, 0.5) is 0 Å². The van der Waals surface area contributed by atoms with Crippen LogP contribution in [0.25, 0.3) is 0 Å². The second kappa shape index (κ2) is 4.07. The number of hydrogen-bond acceptors (Lipinski definition) is 2. The molecule has 0 amide bonds. The van der Waals surface area contributed by atoms with Gasteiger partial charge in [0.05, 0.1) is 6.04 Å². The van der Waals surface area contributed by atoms with Gasteiger partial charge in [-0.25, -0.2) is 0 Å². The molecule has 2 unspecified atom stereocenters. The molecule has 1 aliphatic heterocycles. The maximum Gasteiger partial charge on any atom is 0.0502 e. The molecule has 2 nitrogen and oxygen atoms in total. The Labute approximate surface area is 109 Å². The fourth-order valence-electron chi connectivity index (χ4n) is 3.48. The van der Waals surface area contributed by atoms with Crippen molar-refractivity contribution in [3.8, 4) is 0 Å². The minimum Gasteiger partial charge on any atom is -0.326 e. The maximum atomic E-state index is 6.34. The lowest BCUT2D eigenvalue weighted by molar-refractivity contribution is 0.237. The van der Waals surface area contributed by atoms with Crippen LogP contribution in [0.15, 0.2) is 24.3 Å². The van der Waals surface area contributed by atoms with Crippen LogP contribution in [0.5, 0.6) is 0 Å². The first-order chi connectivity index (χ1) is 8.83. The van der Waals surface area contributed by atoms with Gasteiger partial charge >= 0.3 is 0 Å². The zero-order chi connectivity index (χ0) is 12.1. The molecular formula is C16H22N2. The van der Waals surface area contributed by atoms with Gasteiger partial charge in [-0.05, 0) is 49.1 Å². The van der Waals surface area contributed by atoms with Gasteiger partial charge < -0.3 is 5.73 Å². The lowest BCUT2D eigenvalue weighted by Gasteiger charge is -2.27. The molecule has 18 heavy (non-hydrogen) atoms. The van der Waals surface area contributed by atoms with Crippen LogP contribution >= 0.6 is 0 Å². The second-order valence-corrected chi connectivity index (χ2v) is 6.31. The number of nitrogens with two attached hydrogens (primary N) is 1. The van der Waals surface area contributed by atoms with Crippen molar-refractivity contribution in [1.82, 2.24) is 4.90 Å². The summed E-state index contributed by atoms with van der Waals surface area (Å²) >= 11 is 0. The zero-order valence-corrected chi connectivity index (χ0v) is 10.9. The number of hydrogen-bond donors (Lipinski definition) is 1. The summed E-state index contributed by atoms with van der Waals surface area (Å²) in [6.07, 6.45) is 6.69. The Hall–Kier alpha value is -0.860. The maximum absolute atomic E-state index is 6.34. The van der Waals surface area contributed by atoms with Crippen LogP contribution in [-0.4, -0.2) is 23.5 Å². The molecule has 1 heterocycles. The van der Waals surface area contributed by atoms with Crippen molar-refractivity contribution in [1.29, 1.82) is 0 Å². The van der Waals surface area contributed by atoms with Crippen LogP contribution in [0, 0.1) is 0 Å². The number of rotatable bonds is 3. The van der Waals surface area contributed by atoms with Crippen LogP contribution in [0.1, 0.15) is 55.2 Å². The molecule has 96 valence electrons. The van der Waals surface area contributed by atoms with E-state index in [4.69, 9.17) is 5.73 Å². The molecule has 2 heteroatoms. The van der Waals surface area contributed by atoms with Crippen molar-refractivity contribution in [3.63, 3.8) is 0 Å². The molecule has 2 atom stereocenters. The third-order valence-electron chi connectivity index (χ3n) is 4.83. The Bertz CT molecular complexity index is 431. The SMILES string of the molecule is NC1CCN(C2CC2)C1c1ccc(C2CC2)cc1. The van der Waals surface area contributed by atoms with Crippen LogP contribution in [0.2, 0.25) is 0 Å². The molecule has 0 bridgehead atoms. The lowest BCUT2D eigenvalue weighted by Crippen LogP contribution is -2.33. The van der Waals surface area contributed by atoms with Gasteiger partial charge in [-0.3, -0.25) is 4.90 Å². The Morgan fingerprint density at radius 3 is 2.17 bits per heavy atom. The minimum absolute atomic E-state index is 0.331. The second-order valence-electron chi connectivity index (χ2n) is 6.31. The molecule has 0 radical (unpaired) electrons. The van der Waals surface area contributed by atoms with Gasteiger partial charge in [0.15, 0.2) is 0 Å². The molecular weight excluding hydrogens is 220 g/mol. The standard InChI is InChI=1S/C16H22N2/c17-15-9-10-18(14-7-8-14)16(15)13-5-3-12(4-6-13)11-1-2-11/h3-6,11,14-16H,1-2,7-10,17H2. The van der Waals surface area contributed by atoms with E-state index in [0.29, 0.717) is 12.1 Å². The molecule has 3 fully saturated rings. The largest absolute Gasteiger partial charge is 0.326 e. The van der Waals surface area contributed by atoms with Crippen molar-refractivity contribution < 1.29 is 0 Å². The van der Waals surface area contributed by atoms with Gasteiger partial charge in [0.25, 0.3) is 0 Å². The van der Waals surface area contributed by atoms with Gasteiger partial charge in [-0.1, -0.05) is 24.3 Å². The molecule has 0 spiro atoms. The molecule has 1 aromatic carbocycles. The first kappa shape index (κ1) is 11.0. The third kappa shape index (κ3) is 1.88. The Morgan fingerprint density at radius 1 is 0.889 bits per heavy atom. The highest BCUT2D eigenvalue weighted by Gasteiger charge is 2.41. The van der Waals surface area contributed by atoms with Gasteiger partial charge in [-0.15, -0.1) is 0 Å². The van der Waals surface area contributed by atoms with Crippen molar-refractivity contribution in [2.24, 2.45) is 5.73 Å². The van der Waals surface area contributed by atoms with Gasteiger partial charge in [-0.2, -0.15) is 0 Å². The van der Waals surface area contributed by atoms with Gasteiger partial charge in [0, 0.05) is 18.6 Å². The van der Waals surface area contributed by atoms with Crippen LogP contribution in [-0.2, 0) is 0 Å². The summed E-state index contributed by atoms with van der Waals surface area (Å²) in [5.74, 6) is 0.857. The molecule has 3 aliphatic rings. The molecule has 2 aliphatic carbocycles. The van der Waals surface area contributed by atoms with Crippen LogP contribution in [0.3, 0.4) is 0 Å². The average Bonchev–Trinajstić information content (AvgIpc) is 3.27. The number of likely N-dealkylation sites (tertiary alicyclic amines) is 1. The minimum atomic E-state index is 0.331. The highest BCUT2D eigenvalue weighted by Crippen LogP contribution is 2.42. The monoisotopic (exact) mass is 242 g/mol. The van der Waals surface area contributed by atoms with Gasteiger partial charge in [0.1, 0.15) is 0 Å². The Kier molecular flexibility index (Phi) is 2.49. The van der Waals surface area contributed by atoms with Crippen molar-refractivity contribution in [2.45, 2.75) is 56.1 Å². The molecule has 4 rings (SSSR count). The summed E-state index contributed by atoms with van der Waals surface area (Å²) in [5, 5.41) is 0. The van der Waals surface area contributed by atoms with E-state index >= 15 is 0 Å². The third-order valence-corrected chi connectivity index (χ3v) is 4.83. The summed E-state index contributed by atoms with van der Waals surface area (Å²) in [7, 11) is 0. The van der Waals surface area contributed by atoms with E-state index in [9.17, 15) is 0 Å². The predicted octanol–water partition coefficient (Wildman–Crippen LogP) is 2.80. The van der Waals surface area contributed by atoms with E-state index in [1.54, 1.807) is 0 Å². The Morgan fingerprint density at radius 2 is 1.56 bits per heavy atom. The summed E-state index contributed by atoms with van der Waals surface area (Å²) in [6.45, 7) is 1.20. The van der Waals surface area contributed by atoms with E-state index < -0.39 is 0 Å². The highest BCUT2D eigenvalue weighted by molar-refractivity contribution is 5.31. The Balaban J connectivity index is 1.59. The highest BCUT2D eigenvalue weighted by atomic mass is 15.2. The first-order valence-corrected chi connectivity index (χ1v) is 7.44. The van der Waals surface area contributed by atoms with Crippen molar-refractivity contribution >= 4 is 0 Å². The van der Waals surface area contributed by atoms with E-state index in [0.717, 1.165) is 18.4 Å². The van der Waals surface area contributed by atoms with Crippen LogP contribution < -0.4 is 5.73 Å². The van der Waals surface area contributed by atoms with E-state index in [-0.39, 0.29) is 0 Å². The summed E-state index contributed by atoms with van der Waals surface area (Å²) < 4.78 is 0. The average molecular weight is 242 g/mol. The number of nitrogens with zero attached hydrogens (tertiary/aromatic N) is 1. The van der Waals surface area contributed by atoms with E-state index in [1.165, 1.54) is 43.4 Å². The van der Waals surface area contributed by atoms with Crippen molar-refractivity contribution in [3.05, 3.63) is 35.4 Å². The summed E-state index contributed by atoms with van der Waals surface area (Å²) in [6, 6.07) is 11.0. The molecule has 2 N–H and O–H groups in total. The fraction of sp³-hybridized carbons (Fsp3) is 0.625. The van der Waals surface area contributed by atoms with Gasteiger partial charge in [0.2, 0.25) is 0 Å². The summed E-state index contributed by atoms with van der Waals surface area (Å²) in [5.41, 5.74) is 9.31. The van der Waals surface area contributed by atoms with Crippen molar-refractivity contribution in [2.75, 3.05) is 6.54 Å². The number of benzene rings is 1. The smallest absolute Gasteiger partial charge is 0.0502 e. The zero-order valence-electron chi connectivity index (χ0n) is 10.9. The lowest BCUT2D eigenvalue weighted by atomic mass is 9.98. The molecule has 1 aromatic rings. The molecule has 1 saturated heterocycles. The van der Waals surface area contributed by atoms with E-state index in [1.807, 2.05) is 0 Å². The van der Waals surface area contributed by atoms with E-state index in [2.05, 4.69) is 29.2 Å². The predicted molar refractivity (Wildman–Crippen MR) is 73.5 cm³/mol.